The monoisotopic (exact) mass is 380 g/mol. The second-order valence-electron chi connectivity index (χ2n) is 5.13. The number of halogens is 1. The van der Waals surface area contributed by atoms with E-state index in [0.29, 0.717) is 16.2 Å². The van der Waals surface area contributed by atoms with E-state index < -0.39 is 18.2 Å². The molecule has 1 fully saturated rings. The van der Waals surface area contributed by atoms with Gasteiger partial charge in [0.15, 0.2) is 5.15 Å². The molecule has 0 aromatic carbocycles. The number of aliphatic hydroxyl groups excluding tert-OH is 2. The van der Waals surface area contributed by atoms with Gasteiger partial charge in [0, 0.05) is 21.2 Å². The third kappa shape index (κ3) is 2.58. The molecule has 1 aliphatic heterocycles. The molecular formula is C11H16ClN4O3P3. The molecule has 0 radical (unpaired) electrons. The van der Waals surface area contributed by atoms with Crippen LogP contribution in [0.3, 0.4) is 0 Å². The van der Waals surface area contributed by atoms with Crippen molar-refractivity contribution in [3.63, 3.8) is 0 Å². The van der Waals surface area contributed by atoms with Gasteiger partial charge in [-0.15, -0.1) is 0 Å². The van der Waals surface area contributed by atoms with Gasteiger partial charge in [0.1, 0.15) is 17.9 Å². The van der Waals surface area contributed by atoms with Gasteiger partial charge in [-0.2, -0.15) is 0 Å². The molecule has 0 saturated carbocycles. The van der Waals surface area contributed by atoms with Crippen LogP contribution < -0.4 is 0 Å². The molecule has 22 heavy (non-hydrogen) atoms. The molecule has 7 atom stereocenters. The van der Waals surface area contributed by atoms with Crippen LogP contribution in [0.15, 0.2) is 12.5 Å². The highest BCUT2D eigenvalue weighted by atomic mass is 35.5. The Morgan fingerprint density at radius 3 is 2.68 bits per heavy atom. The zero-order valence-electron chi connectivity index (χ0n) is 11.4. The van der Waals surface area contributed by atoms with E-state index in [9.17, 15) is 10.2 Å². The summed E-state index contributed by atoms with van der Waals surface area (Å²) in [6.07, 6.45) is 1.31. The first-order chi connectivity index (χ1) is 10.5. The molecule has 11 heteroatoms. The van der Waals surface area contributed by atoms with Gasteiger partial charge in [0.2, 0.25) is 0 Å². The summed E-state index contributed by atoms with van der Waals surface area (Å²) in [6, 6.07) is -0.789. The van der Waals surface area contributed by atoms with Crippen LogP contribution in [0.1, 0.15) is 11.6 Å². The lowest BCUT2D eigenvalue weighted by Gasteiger charge is -2.24. The molecule has 3 heterocycles. The summed E-state index contributed by atoms with van der Waals surface area (Å²) in [6.45, 7) is 0.276. The maximum absolute atomic E-state index is 10.5. The third-order valence-corrected chi connectivity index (χ3v) is 5.53. The number of hydrogen-bond donors (Lipinski definition) is 2. The van der Waals surface area contributed by atoms with E-state index in [1.54, 1.807) is 4.34 Å². The standard InChI is InChI=1S/C11H16ClN4O3P3/c12-11-8-6(13-3-14-11)4(1-15(8)20)7-10(18)9(17)5(2-19-22)16(7)21/h1,3,5,7,9-10,17-18H,2,20-22H2/t5-,7+,9-,10+/m1/s1. The summed E-state index contributed by atoms with van der Waals surface area (Å²) in [7, 11) is 7.22. The zero-order valence-corrected chi connectivity index (χ0v) is 15.6. The highest BCUT2D eigenvalue weighted by molar-refractivity contribution is 7.15. The van der Waals surface area contributed by atoms with Crippen molar-refractivity contribution < 1.29 is 14.7 Å². The molecule has 0 aliphatic carbocycles. The zero-order chi connectivity index (χ0) is 16.0. The van der Waals surface area contributed by atoms with Crippen molar-refractivity contribution in [1.29, 1.82) is 0 Å². The Balaban J connectivity index is 2.10. The average Bonchev–Trinajstić information content (AvgIpc) is 2.91. The molecule has 3 unspecified atom stereocenters. The van der Waals surface area contributed by atoms with Crippen molar-refractivity contribution >= 4 is 50.9 Å². The van der Waals surface area contributed by atoms with Gasteiger partial charge in [-0.25, -0.2) is 9.97 Å². The number of aliphatic hydroxyl groups is 2. The minimum Gasteiger partial charge on any atom is -0.389 e. The van der Waals surface area contributed by atoms with E-state index >= 15 is 0 Å². The predicted octanol–water partition coefficient (Wildman–Crippen LogP) is 0.767. The molecule has 120 valence electrons. The van der Waals surface area contributed by atoms with E-state index in [-0.39, 0.29) is 12.6 Å². The van der Waals surface area contributed by atoms with Crippen LogP contribution in [0.4, 0.5) is 0 Å². The van der Waals surface area contributed by atoms with Crippen LogP contribution in [0.25, 0.3) is 11.0 Å². The Hall–Kier alpha value is 0.0400. The van der Waals surface area contributed by atoms with Crippen LogP contribution in [-0.2, 0) is 4.52 Å². The Morgan fingerprint density at radius 2 is 2.00 bits per heavy atom. The Morgan fingerprint density at radius 1 is 1.27 bits per heavy atom. The molecule has 0 amide bonds. The van der Waals surface area contributed by atoms with Crippen LogP contribution in [0, 0.1) is 0 Å². The molecule has 3 rings (SSSR count). The molecule has 2 N–H and O–H groups in total. The fourth-order valence-corrected chi connectivity index (χ4v) is 4.40. The van der Waals surface area contributed by atoms with Crippen molar-refractivity contribution in [3.05, 3.63) is 23.2 Å². The first-order valence-electron chi connectivity index (χ1n) is 6.44. The average molecular weight is 381 g/mol. The summed E-state index contributed by atoms with van der Waals surface area (Å²) in [5, 5.41) is 21.0. The van der Waals surface area contributed by atoms with Crippen molar-refractivity contribution in [3.8, 4) is 0 Å². The Labute approximate surface area is 139 Å². The van der Waals surface area contributed by atoms with E-state index in [1.165, 1.54) is 6.33 Å². The summed E-state index contributed by atoms with van der Waals surface area (Å²) < 4.78 is 8.60. The lowest BCUT2D eigenvalue weighted by molar-refractivity contribution is 0.0223. The molecule has 0 spiro atoms. The van der Waals surface area contributed by atoms with Crippen molar-refractivity contribution in [2.24, 2.45) is 0 Å². The van der Waals surface area contributed by atoms with E-state index in [1.807, 2.05) is 10.9 Å². The lowest BCUT2D eigenvalue weighted by Crippen LogP contribution is -2.35. The minimum absolute atomic E-state index is 0.276. The van der Waals surface area contributed by atoms with Crippen LogP contribution in [0.2, 0.25) is 5.15 Å². The van der Waals surface area contributed by atoms with Crippen molar-refractivity contribution in [2.45, 2.75) is 24.3 Å². The second-order valence-corrected chi connectivity index (χ2v) is 6.97. The maximum Gasteiger partial charge on any atom is 0.156 e. The van der Waals surface area contributed by atoms with Crippen molar-refractivity contribution in [2.75, 3.05) is 6.61 Å². The normalized spacial score (nSPS) is 29.5. The van der Waals surface area contributed by atoms with Gasteiger partial charge < -0.3 is 19.1 Å². The topological polar surface area (TPSA) is 83.6 Å². The molecule has 0 bridgehead atoms. The third-order valence-electron chi connectivity index (χ3n) is 3.94. The van der Waals surface area contributed by atoms with Gasteiger partial charge in [-0.3, -0.25) is 4.67 Å². The highest BCUT2D eigenvalue weighted by Crippen LogP contribution is 2.43. The van der Waals surface area contributed by atoms with Crippen LogP contribution in [0.5, 0.6) is 0 Å². The summed E-state index contributed by atoms with van der Waals surface area (Å²) in [4.78, 5) is 8.25. The first-order valence-corrected chi connectivity index (χ1v) is 8.33. The maximum atomic E-state index is 10.5. The SMILES string of the molecule is O[C@@H]1[C@H](O)[C@@H](COP)N(P)[C@H]1c1cn(P)c2c(Cl)ncnc12. The fourth-order valence-electron chi connectivity index (χ4n) is 2.89. The fraction of sp³-hybridized carbons (Fsp3) is 0.455. The number of nitrogens with zero attached hydrogens (tertiary/aromatic N) is 4. The molecule has 1 aliphatic rings. The molecule has 2 aromatic heterocycles. The lowest BCUT2D eigenvalue weighted by atomic mass is 10.0. The minimum atomic E-state index is -0.966. The van der Waals surface area contributed by atoms with E-state index in [0.717, 1.165) is 5.56 Å². The largest absolute Gasteiger partial charge is 0.389 e. The van der Waals surface area contributed by atoms with E-state index in [2.05, 4.69) is 38.2 Å². The van der Waals surface area contributed by atoms with Crippen molar-refractivity contribution in [1.82, 2.24) is 19.0 Å². The van der Waals surface area contributed by atoms with Gasteiger partial charge in [0.05, 0.1) is 30.3 Å². The Kier molecular flexibility index (Phi) is 4.99. The van der Waals surface area contributed by atoms with Gasteiger partial charge in [-0.1, -0.05) is 21.0 Å². The summed E-state index contributed by atoms with van der Waals surface area (Å²) >= 11 is 6.12. The number of rotatable bonds is 3. The molecule has 2 aromatic rings. The van der Waals surface area contributed by atoms with E-state index in [4.69, 9.17) is 16.1 Å². The summed E-state index contributed by atoms with van der Waals surface area (Å²) in [5.41, 5.74) is 2.07. The number of fused-ring (bicyclic) bond motifs is 1. The first kappa shape index (κ1) is 16.9. The Bertz CT molecular complexity index is 703. The second kappa shape index (κ2) is 6.51. The summed E-state index contributed by atoms with van der Waals surface area (Å²) in [5.74, 6) is 0. The smallest absolute Gasteiger partial charge is 0.156 e. The van der Waals surface area contributed by atoms with Gasteiger partial charge in [-0.05, 0) is 9.39 Å². The quantitative estimate of drug-likeness (QED) is 0.604. The number of aromatic nitrogens is 3. The van der Waals surface area contributed by atoms with Gasteiger partial charge in [0.25, 0.3) is 0 Å². The molecule has 7 nitrogen and oxygen atoms in total. The number of hydrogen-bond acceptors (Lipinski definition) is 6. The molecular weight excluding hydrogens is 365 g/mol. The predicted molar refractivity (Wildman–Crippen MR) is 93.4 cm³/mol. The molecule has 1 saturated heterocycles. The van der Waals surface area contributed by atoms with Crippen LogP contribution in [-0.4, -0.2) is 54.0 Å². The highest BCUT2D eigenvalue weighted by Gasteiger charge is 2.47. The van der Waals surface area contributed by atoms with Crippen LogP contribution >= 0.6 is 39.8 Å². The van der Waals surface area contributed by atoms with Gasteiger partial charge >= 0.3 is 0 Å².